The third-order valence-electron chi connectivity index (χ3n) is 3.53. The van der Waals surface area contributed by atoms with Crippen molar-refractivity contribution < 1.29 is 14.6 Å². The van der Waals surface area contributed by atoms with Gasteiger partial charge < -0.3 is 15.2 Å². The highest BCUT2D eigenvalue weighted by Gasteiger charge is 2.34. The van der Waals surface area contributed by atoms with Gasteiger partial charge in [-0.3, -0.25) is 9.69 Å². The summed E-state index contributed by atoms with van der Waals surface area (Å²) in [7, 11) is 5.34. The van der Waals surface area contributed by atoms with Crippen molar-refractivity contribution in [2.45, 2.75) is 44.8 Å². The summed E-state index contributed by atoms with van der Waals surface area (Å²) in [4.78, 5) is 13.3. The number of carbonyl (C=O) groups is 1. The number of ether oxygens (including phenoxy) is 1. The van der Waals surface area contributed by atoms with E-state index in [0.29, 0.717) is 13.0 Å². The highest BCUT2D eigenvalue weighted by molar-refractivity contribution is 5.78. The summed E-state index contributed by atoms with van der Waals surface area (Å²) in [6, 6.07) is 0.429. The van der Waals surface area contributed by atoms with Crippen molar-refractivity contribution in [3.8, 4) is 0 Å². The summed E-state index contributed by atoms with van der Waals surface area (Å²) >= 11 is 0. The smallest absolute Gasteiger partial charge is 0.323 e. The Morgan fingerprint density at radius 1 is 1.47 bits per heavy atom. The molecule has 0 bridgehead atoms. The number of aliphatic carboxylic acids is 1. The maximum absolute atomic E-state index is 11.2. The van der Waals surface area contributed by atoms with E-state index in [1.165, 1.54) is 0 Å². The van der Waals surface area contributed by atoms with Gasteiger partial charge in [0.25, 0.3) is 0 Å². The molecular formula is C12H26N2O3. The fourth-order valence-electron chi connectivity index (χ4n) is 1.82. The molecule has 17 heavy (non-hydrogen) atoms. The van der Waals surface area contributed by atoms with Crippen LogP contribution in [0.15, 0.2) is 0 Å². The molecule has 5 heteroatoms. The van der Waals surface area contributed by atoms with E-state index in [1.807, 2.05) is 14.0 Å². The molecule has 0 aromatic heterocycles. The maximum Gasteiger partial charge on any atom is 0.323 e. The van der Waals surface area contributed by atoms with E-state index in [2.05, 4.69) is 17.1 Å². The Morgan fingerprint density at radius 3 is 2.35 bits per heavy atom. The number of hydrogen-bond donors (Lipinski definition) is 2. The number of nitrogens with one attached hydrogen (secondary N) is 1. The van der Waals surface area contributed by atoms with Crippen molar-refractivity contribution in [3.05, 3.63) is 0 Å². The first-order valence-electron chi connectivity index (χ1n) is 5.91. The second kappa shape index (κ2) is 6.93. The van der Waals surface area contributed by atoms with Crippen LogP contribution in [0.5, 0.6) is 0 Å². The number of carboxylic acid groups (broad SMARTS) is 1. The lowest BCUT2D eigenvalue weighted by Gasteiger charge is -2.35. The second-order valence-electron chi connectivity index (χ2n) is 4.91. The summed E-state index contributed by atoms with van der Waals surface area (Å²) in [5.74, 6) is -0.820. The Hall–Kier alpha value is -0.650. The Morgan fingerprint density at radius 2 is 2.00 bits per heavy atom. The molecule has 5 nitrogen and oxygen atoms in total. The van der Waals surface area contributed by atoms with Gasteiger partial charge >= 0.3 is 5.97 Å². The van der Waals surface area contributed by atoms with Crippen molar-refractivity contribution >= 4 is 5.97 Å². The molecule has 0 saturated heterocycles. The third kappa shape index (κ3) is 4.61. The zero-order valence-corrected chi connectivity index (χ0v) is 11.8. The van der Waals surface area contributed by atoms with Gasteiger partial charge in [-0.2, -0.15) is 0 Å². The van der Waals surface area contributed by atoms with Gasteiger partial charge in [-0.05, 0) is 41.3 Å². The minimum atomic E-state index is -0.888. The minimum Gasteiger partial charge on any atom is -0.480 e. The van der Waals surface area contributed by atoms with Crippen molar-refractivity contribution in [2.24, 2.45) is 0 Å². The summed E-state index contributed by atoms with van der Waals surface area (Å²) in [6.45, 7) is 6.45. The van der Waals surface area contributed by atoms with Crippen LogP contribution in [0, 0.1) is 0 Å². The topological polar surface area (TPSA) is 61.8 Å². The van der Waals surface area contributed by atoms with Gasteiger partial charge in [-0.15, -0.1) is 0 Å². The molecule has 0 spiro atoms. The highest BCUT2D eigenvalue weighted by Crippen LogP contribution is 2.17. The third-order valence-corrected chi connectivity index (χ3v) is 3.53. The molecule has 2 N–H and O–H groups in total. The normalized spacial score (nSPS) is 18.8. The van der Waals surface area contributed by atoms with Gasteiger partial charge in [0.1, 0.15) is 5.54 Å². The van der Waals surface area contributed by atoms with Crippen LogP contribution < -0.4 is 5.32 Å². The van der Waals surface area contributed by atoms with E-state index in [4.69, 9.17) is 4.74 Å². The van der Waals surface area contributed by atoms with Crippen molar-refractivity contribution in [1.82, 2.24) is 10.2 Å². The predicted molar refractivity (Wildman–Crippen MR) is 68.3 cm³/mol. The Labute approximate surface area is 104 Å². The Balaban J connectivity index is 4.51. The fourth-order valence-corrected chi connectivity index (χ4v) is 1.82. The number of nitrogens with zero attached hydrogens (tertiary/aromatic N) is 1. The first kappa shape index (κ1) is 16.4. The first-order valence-corrected chi connectivity index (χ1v) is 5.91. The van der Waals surface area contributed by atoms with Crippen LogP contribution in [0.2, 0.25) is 0 Å². The summed E-state index contributed by atoms with van der Waals surface area (Å²) in [6.07, 6.45) is 0.545. The van der Waals surface area contributed by atoms with Gasteiger partial charge in [0.2, 0.25) is 0 Å². The summed E-state index contributed by atoms with van der Waals surface area (Å²) < 4.78 is 5.11. The summed E-state index contributed by atoms with van der Waals surface area (Å²) in [5.41, 5.74) is -0.888. The van der Waals surface area contributed by atoms with Crippen LogP contribution in [0.25, 0.3) is 0 Å². The monoisotopic (exact) mass is 246 g/mol. The van der Waals surface area contributed by atoms with Crippen LogP contribution in [0.4, 0.5) is 0 Å². The van der Waals surface area contributed by atoms with Crippen LogP contribution in [0.3, 0.4) is 0 Å². The molecule has 102 valence electrons. The lowest BCUT2D eigenvalue weighted by Crippen LogP contribution is -2.52. The van der Waals surface area contributed by atoms with Crippen molar-refractivity contribution in [2.75, 3.05) is 27.8 Å². The average Bonchev–Trinajstić information content (AvgIpc) is 2.27. The number of methoxy groups -OCH3 is 1. The molecule has 0 aliphatic rings. The summed E-state index contributed by atoms with van der Waals surface area (Å²) in [5, 5.41) is 12.1. The molecule has 0 aromatic carbocycles. The number of rotatable bonds is 8. The second-order valence-corrected chi connectivity index (χ2v) is 4.91. The van der Waals surface area contributed by atoms with E-state index in [-0.39, 0.29) is 12.1 Å². The molecule has 0 fully saturated rings. The molecule has 3 unspecified atom stereocenters. The molecule has 0 aliphatic carbocycles. The Kier molecular flexibility index (Phi) is 6.67. The largest absolute Gasteiger partial charge is 0.480 e. The molecule has 0 heterocycles. The van der Waals surface area contributed by atoms with Crippen molar-refractivity contribution in [3.63, 3.8) is 0 Å². The van der Waals surface area contributed by atoms with Crippen molar-refractivity contribution in [1.29, 1.82) is 0 Å². The predicted octanol–water partition coefficient (Wildman–Crippen LogP) is 0.794. The molecule has 0 saturated carbocycles. The van der Waals surface area contributed by atoms with Gasteiger partial charge in [0.15, 0.2) is 0 Å². The first-order chi connectivity index (χ1) is 7.78. The van der Waals surface area contributed by atoms with Crippen LogP contribution in [0.1, 0.15) is 27.2 Å². The molecule has 0 aromatic rings. The molecule has 0 aliphatic heterocycles. The van der Waals surface area contributed by atoms with E-state index < -0.39 is 11.5 Å². The molecule has 3 atom stereocenters. The lowest BCUT2D eigenvalue weighted by molar-refractivity contribution is -0.144. The van der Waals surface area contributed by atoms with Gasteiger partial charge in [-0.1, -0.05) is 0 Å². The maximum atomic E-state index is 11.2. The Bertz CT molecular complexity index is 248. The minimum absolute atomic E-state index is 0.161. The quantitative estimate of drug-likeness (QED) is 0.663. The van der Waals surface area contributed by atoms with Gasteiger partial charge in [-0.25, -0.2) is 0 Å². The lowest BCUT2D eigenvalue weighted by atomic mass is 9.93. The zero-order valence-electron chi connectivity index (χ0n) is 11.8. The van der Waals surface area contributed by atoms with E-state index in [9.17, 15) is 9.90 Å². The highest BCUT2D eigenvalue weighted by atomic mass is 16.5. The standard InChI is InChI=1S/C12H26N2O3/c1-9(14(5)10(2)8-17-6)7-12(3,13-4)11(15)16/h9-10,13H,7-8H2,1-6H3,(H,15,16). The molecule has 0 amide bonds. The molecule has 0 radical (unpaired) electrons. The van der Waals surface area contributed by atoms with Crippen LogP contribution >= 0.6 is 0 Å². The SMILES string of the molecule is CNC(C)(CC(C)N(C)C(C)COC)C(=O)O. The fraction of sp³-hybridized carbons (Fsp3) is 0.917. The molecular weight excluding hydrogens is 220 g/mol. The van der Waals surface area contributed by atoms with Crippen LogP contribution in [-0.2, 0) is 9.53 Å². The average molecular weight is 246 g/mol. The molecule has 0 rings (SSSR count). The van der Waals surface area contributed by atoms with E-state index in [1.54, 1.807) is 21.1 Å². The number of carboxylic acids is 1. The van der Waals surface area contributed by atoms with Gasteiger partial charge in [0, 0.05) is 19.2 Å². The van der Waals surface area contributed by atoms with Crippen LogP contribution in [-0.4, -0.2) is 61.4 Å². The van der Waals surface area contributed by atoms with Gasteiger partial charge in [0.05, 0.1) is 6.61 Å². The zero-order chi connectivity index (χ0) is 13.6. The number of likely N-dealkylation sites (N-methyl/N-ethyl adjacent to an activating group) is 2. The number of hydrogen-bond acceptors (Lipinski definition) is 4. The van der Waals surface area contributed by atoms with E-state index in [0.717, 1.165) is 0 Å². The van der Waals surface area contributed by atoms with E-state index >= 15 is 0 Å².